The summed E-state index contributed by atoms with van der Waals surface area (Å²) in [6.45, 7) is 9.73. The molecule has 2 atom stereocenters. The maximum Gasteiger partial charge on any atom is 0.268 e. The quantitative estimate of drug-likeness (QED) is 0.325. The Kier molecular flexibility index (Phi) is 7.65. The second-order valence-electron chi connectivity index (χ2n) is 13.5. The minimum absolute atomic E-state index is 0.0118. The topological polar surface area (TPSA) is 124 Å². The Bertz CT molecular complexity index is 1750. The van der Waals surface area contributed by atoms with Crippen LogP contribution in [-0.2, 0) is 18.4 Å². The maximum absolute atomic E-state index is 13.6. The Labute approximate surface area is 258 Å². The minimum atomic E-state index is -0.486. The zero-order chi connectivity index (χ0) is 31.5. The van der Waals surface area contributed by atoms with Crippen LogP contribution in [0.15, 0.2) is 30.3 Å². The molecule has 0 spiro atoms. The number of fused-ring (bicyclic) bond motifs is 2. The second-order valence-corrected chi connectivity index (χ2v) is 13.5. The molecule has 0 bridgehead atoms. The van der Waals surface area contributed by atoms with Crippen molar-refractivity contribution >= 4 is 33.9 Å². The van der Waals surface area contributed by atoms with E-state index in [0.717, 1.165) is 53.3 Å². The van der Waals surface area contributed by atoms with Crippen LogP contribution in [0.4, 0.5) is 0 Å². The van der Waals surface area contributed by atoms with E-state index < -0.39 is 5.41 Å². The fourth-order valence-corrected chi connectivity index (χ4v) is 5.93. The summed E-state index contributed by atoms with van der Waals surface area (Å²) in [6, 6.07) is 9.55. The summed E-state index contributed by atoms with van der Waals surface area (Å²) in [5.41, 5.74) is 10.4. The molecule has 2 aliphatic rings. The molecule has 4 aromatic rings. The van der Waals surface area contributed by atoms with Crippen LogP contribution in [0.25, 0.3) is 33.6 Å². The van der Waals surface area contributed by atoms with Gasteiger partial charge >= 0.3 is 0 Å². The molecule has 1 saturated heterocycles. The van der Waals surface area contributed by atoms with E-state index >= 15 is 0 Å². The molecule has 1 saturated carbocycles. The number of nitrogens with one attached hydrogen (secondary N) is 1. The molecule has 0 unspecified atom stereocenters. The van der Waals surface area contributed by atoms with Gasteiger partial charge in [-0.2, -0.15) is 0 Å². The molecule has 11 nitrogen and oxygen atoms in total. The molecular formula is C33H44N8O3. The lowest BCUT2D eigenvalue weighted by molar-refractivity contribution is -0.129. The highest BCUT2D eigenvalue weighted by Gasteiger charge is 2.30. The number of amides is 2. The van der Waals surface area contributed by atoms with Crippen molar-refractivity contribution in [1.29, 1.82) is 0 Å². The Balaban J connectivity index is 1.42. The number of aromatic nitrogens is 4. The summed E-state index contributed by atoms with van der Waals surface area (Å²) in [6.07, 6.45) is 3.22. The summed E-state index contributed by atoms with van der Waals surface area (Å²) in [5, 5.41) is 7.76. The molecule has 2 fully saturated rings. The number of carbonyl (C=O) groups excluding carboxylic acids is 2. The molecule has 234 valence electrons. The predicted molar refractivity (Wildman–Crippen MR) is 171 cm³/mol. The summed E-state index contributed by atoms with van der Waals surface area (Å²) in [4.78, 5) is 36.5. The van der Waals surface area contributed by atoms with Crippen molar-refractivity contribution in [3.63, 3.8) is 0 Å². The number of rotatable bonds is 7. The van der Waals surface area contributed by atoms with E-state index in [0.29, 0.717) is 29.3 Å². The van der Waals surface area contributed by atoms with Gasteiger partial charge in [0.1, 0.15) is 16.9 Å². The van der Waals surface area contributed by atoms with Crippen LogP contribution in [0.3, 0.4) is 0 Å². The average molecular weight is 601 g/mol. The molecule has 6 rings (SSSR count). The number of nitrogens with zero attached hydrogens (tertiary/aromatic N) is 6. The molecule has 1 aliphatic heterocycles. The Morgan fingerprint density at radius 2 is 1.86 bits per heavy atom. The van der Waals surface area contributed by atoms with Gasteiger partial charge in [0.2, 0.25) is 5.91 Å². The first-order chi connectivity index (χ1) is 20.8. The van der Waals surface area contributed by atoms with Gasteiger partial charge in [0.25, 0.3) is 5.91 Å². The molecule has 2 amide bonds. The van der Waals surface area contributed by atoms with E-state index in [1.54, 1.807) is 18.2 Å². The highest BCUT2D eigenvalue weighted by atomic mass is 16.5. The third kappa shape index (κ3) is 5.54. The zero-order valence-corrected chi connectivity index (χ0v) is 26.8. The van der Waals surface area contributed by atoms with Crippen molar-refractivity contribution in [3.8, 4) is 17.3 Å². The monoisotopic (exact) mass is 600 g/mol. The van der Waals surface area contributed by atoms with E-state index in [-0.39, 0.29) is 23.9 Å². The number of carbonyl (C=O) groups is 2. The zero-order valence-electron chi connectivity index (χ0n) is 26.8. The number of methoxy groups -OCH3 is 1. The Hall–Kier alpha value is -3.96. The van der Waals surface area contributed by atoms with Gasteiger partial charge in [-0.1, -0.05) is 20.8 Å². The number of imidazole rings is 1. The van der Waals surface area contributed by atoms with Crippen LogP contribution in [-0.4, -0.2) is 74.2 Å². The van der Waals surface area contributed by atoms with Gasteiger partial charge in [0.15, 0.2) is 5.82 Å². The highest BCUT2D eigenvalue weighted by Crippen LogP contribution is 2.38. The third-order valence-electron chi connectivity index (χ3n) is 8.88. The van der Waals surface area contributed by atoms with Crippen molar-refractivity contribution in [2.45, 2.75) is 65.6 Å². The van der Waals surface area contributed by atoms with Crippen molar-refractivity contribution in [2.75, 3.05) is 27.2 Å². The van der Waals surface area contributed by atoms with Crippen LogP contribution in [0.1, 0.15) is 69.1 Å². The summed E-state index contributed by atoms with van der Waals surface area (Å²) in [7, 11) is 5.51. The fourth-order valence-electron chi connectivity index (χ4n) is 5.93. The second kappa shape index (κ2) is 11.2. The Morgan fingerprint density at radius 3 is 2.55 bits per heavy atom. The third-order valence-corrected chi connectivity index (χ3v) is 8.88. The van der Waals surface area contributed by atoms with Crippen LogP contribution in [0, 0.1) is 11.3 Å². The first-order valence-corrected chi connectivity index (χ1v) is 15.5. The number of nitrogens with two attached hydrogens (primary N) is 1. The normalized spacial score (nSPS) is 18.6. The largest absolute Gasteiger partial charge is 0.494 e. The lowest BCUT2D eigenvalue weighted by Crippen LogP contribution is -2.55. The van der Waals surface area contributed by atoms with E-state index in [1.807, 2.05) is 63.5 Å². The average Bonchev–Trinajstić information content (AvgIpc) is 3.66. The molecule has 44 heavy (non-hydrogen) atoms. The van der Waals surface area contributed by atoms with Crippen LogP contribution >= 0.6 is 0 Å². The number of hydrazine groups is 1. The lowest BCUT2D eigenvalue weighted by Gasteiger charge is -2.38. The molecular weight excluding hydrogens is 556 g/mol. The first-order valence-electron chi connectivity index (χ1n) is 15.5. The maximum atomic E-state index is 13.6. The van der Waals surface area contributed by atoms with Gasteiger partial charge in [-0.25, -0.2) is 15.0 Å². The number of benzene rings is 1. The fraction of sp³-hybridized carbons (Fsp3) is 0.515. The van der Waals surface area contributed by atoms with Crippen molar-refractivity contribution < 1.29 is 14.3 Å². The van der Waals surface area contributed by atoms with Crippen LogP contribution in [0.5, 0.6) is 5.75 Å². The van der Waals surface area contributed by atoms with Gasteiger partial charge in [0, 0.05) is 49.6 Å². The number of pyridine rings is 1. The smallest absolute Gasteiger partial charge is 0.268 e. The van der Waals surface area contributed by atoms with Crippen molar-refractivity contribution in [3.05, 3.63) is 41.6 Å². The molecule has 3 N–H and O–H groups in total. The number of ether oxygens (including phenoxy) is 1. The molecule has 0 radical (unpaired) electrons. The predicted octanol–water partition coefficient (Wildman–Crippen LogP) is 4.25. The minimum Gasteiger partial charge on any atom is -0.494 e. The van der Waals surface area contributed by atoms with E-state index in [4.69, 9.17) is 20.4 Å². The molecule has 1 aromatic carbocycles. The summed E-state index contributed by atoms with van der Waals surface area (Å²) < 4.78 is 10.1. The highest BCUT2D eigenvalue weighted by molar-refractivity contribution is 6.00. The van der Waals surface area contributed by atoms with Gasteiger partial charge < -0.3 is 24.9 Å². The summed E-state index contributed by atoms with van der Waals surface area (Å²) >= 11 is 0. The SMILES string of the molecule is COc1cc(C(=O)N2C[C@H](N)CCN2C)cc2nc(-c3cc4ccc([C@@H](C)NC(=O)C(C)(C)C)nc4n3CC3CC3)n(C)c12. The number of hydrogen-bond acceptors (Lipinski definition) is 7. The Morgan fingerprint density at radius 1 is 1.11 bits per heavy atom. The number of hydrogen-bond donors (Lipinski definition) is 2. The van der Waals surface area contributed by atoms with E-state index in [1.165, 1.54) is 12.8 Å². The van der Waals surface area contributed by atoms with Gasteiger partial charge in [-0.3, -0.25) is 14.6 Å². The van der Waals surface area contributed by atoms with Gasteiger partial charge in [-0.15, -0.1) is 0 Å². The standard InChI is InChI=1S/C33H44N8O3/c1-19(35-32(43)33(2,3)4)24-11-10-21-15-26(40(29(21)36-24)17-20-8-9-20)30-37-25-14-22(16-27(44-7)28(25)39(30)6)31(42)41-18-23(34)12-13-38(41)5/h10-11,14-16,19-20,23H,8-9,12-13,17-18,34H2,1-7H3,(H,35,43)/t19-,23-/m1/s1. The first kappa shape index (κ1) is 30.1. The van der Waals surface area contributed by atoms with Crippen molar-refractivity contribution in [1.82, 2.24) is 34.4 Å². The summed E-state index contributed by atoms with van der Waals surface area (Å²) in [5.74, 6) is 1.82. The van der Waals surface area contributed by atoms with E-state index in [9.17, 15) is 9.59 Å². The van der Waals surface area contributed by atoms with Gasteiger partial charge in [0.05, 0.1) is 36.6 Å². The van der Waals surface area contributed by atoms with Gasteiger partial charge in [-0.05, 0) is 62.4 Å². The van der Waals surface area contributed by atoms with Crippen LogP contribution in [0.2, 0.25) is 0 Å². The molecule has 4 heterocycles. The molecule has 1 aliphatic carbocycles. The molecule has 3 aromatic heterocycles. The number of aryl methyl sites for hydroxylation is 1. The van der Waals surface area contributed by atoms with Crippen LogP contribution < -0.4 is 15.8 Å². The van der Waals surface area contributed by atoms with Crippen molar-refractivity contribution in [2.24, 2.45) is 24.1 Å². The lowest BCUT2D eigenvalue weighted by atomic mass is 9.95. The van der Waals surface area contributed by atoms with E-state index in [2.05, 4.69) is 22.0 Å². The molecule has 11 heteroatoms.